The molecule has 1 nitrogen and oxygen atoms in total. The van der Waals surface area contributed by atoms with E-state index in [2.05, 4.69) is 19.1 Å². The minimum atomic E-state index is 0.296. The minimum absolute atomic E-state index is 0.296. The Hall–Kier alpha value is -0.590. The molecule has 0 aliphatic heterocycles. The summed E-state index contributed by atoms with van der Waals surface area (Å²) in [6, 6.07) is 0. The van der Waals surface area contributed by atoms with E-state index in [9.17, 15) is 4.79 Å². The summed E-state index contributed by atoms with van der Waals surface area (Å²) >= 11 is 0. The van der Waals surface area contributed by atoms with Crippen LogP contribution in [-0.4, -0.2) is 5.78 Å². The van der Waals surface area contributed by atoms with Crippen molar-refractivity contribution >= 4 is 5.78 Å². The summed E-state index contributed by atoms with van der Waals surface area (Å²) in [6.07, 6.45) is 6.45. The highest BCUT2D eigenvalue weighted by Crippen LogP contribution is 2.24. The Morgan fingerprint density at radius 1 is 1.60 bits per heavy atom. The molecule has 2 unspecified atom stereocenters. The number of carbonyl (C=O) groups excluding carboxylic acids is 1. The average molecular weight is 138 g/mol. The second-order valence-corrected chi connectivity index (χ2v) is 3.08. The van der Waals surface area contributed by atoms with Crippen molar-refractivity contribution in [1.82, 2.24) is 0 Å². The van der Waals surface area contributed by atoms with Gasteiger partial charge in [0.2, 0.25) is 0 Å². The molecule has 1 heteroatoms. The van der Waals surface area contributed by atoms with Crippen LogP contribution in [-0.2, 0) is 4.79 Å². The molecule has 0 saturated carbocycles. The molecule has 0 aromatic carbocycles. The van der Waals surface area contributed by atoms with Crippen molar-refractivity contribution in [3.05, 3.63) is 12.2 Å². The molecule has 10 heavy (non-hydrogen) atoms. The highest BCUT2D eigenvalue weighted by Gasteiger charge is 2.20. The average Bonchev–Trinajstić information content (AvgIpc) is 1.88. The fourth-order valence-corrected chi connectivity index (χ4v) is 1.56. The first-order valence-electron chi connectivity index (χ1n) is 3.89. The van der Waals surface area contributed by atoms with Crippen molar-refractivity contribution in [3.8, 4) is 0 Å². The van der Waals surface area contributed by atoms with E-state index >= 15 is 0 Å². The van der Waals surface area contributed by atoms with Gasteiger partial charge in [-0.05, 0) is 25.7 Å². The van der Waals surface area contributed by atoms with Gasteiger partial charge < -0.3 is 0 Å². The van der Waals surface area contributed by atoms with Crippen LogP contribution in [0.1, 0.15) is 26.7 Å². The first-order chi connectivity index (χ1) is 4.72. The molecular weight excluding hydrogens is 124 g/mol. The standard InChI is InChI=1S/C9H14O/c1-7-5-3-4-6-9(7)8(2)10/h3,5,7,9H,4,6H2,1-2H3. The van der Waals surface area contributed by atoms with Crippen LogP contribution in [0.25, 0.3) is 0 Å². The first kappa shape index (κ1) is 7.52. The number of carbonyl (C=O) groups is 1. The predicted molar refractivity (Wildman–Crippen MR) is 41.7 cm³/mol. The van der Waals surface area contributed by atoms with Gasteiger partial charge in [-0.15, -0.1) is 0 Å². The third kappa shape index (κ3) is 1.47. The lowest BCUT2D eigenvalue weighted by molar-refractivity contribution is -0.122. The van der Waals surface area contributed by atoms with Gasteiger partial charge in [-0.25, -0.2) is 0 Å². The van der Waals surface area contributed by atoms with Crippen LogP contribution in [0.5, 0.6) is 0 Å². The van der Waals surface area contributed by atoms with E-state index in [4.69, 9.17) is 0 Å². The largest absolute Gasteiger partial charge is 0.300 e. The fraction of sp³-hybridized carbons (Fsp3) is 0.667. The molecule has 0 spiro atoms. The fourth-order valence-electron chi connectivity index (χ4n) is 1.56. The summed E-state index contributed by atoms with van der Waals surface area (Å²) in [5.74, 6) is 1.10. The van der Waals surface area contributed by atoms with Crippen LogP contribution >= 0.6 is 0 Å². The summed E-state index contributed by atoms with van der Waals surface area (Å²) in [7, 11) is 0. The number of Topliss-reactive ketones (excluding diaryl/α,β-unsaturated/α-hetero) is 1. The van der Waals surface area contributed by atoms with Gasteiger partial charge >= 0.3 is 0 Å². The molecule has 0 aromatic rings. The second-order valence-electron chi connectivity index (χ2n) is 3.08. The van der Waals surface area contributed by atoms with E-state index < -0.39 is 0 Å². The quantitative estimate of drug-likeness (QED) is 0.507. The van der Waals surface area contributed by atoms with Crippen molar-refractivity contribution in [2.45, 2.75) is 26.7 Å². The number of rotatable bonds is 1. The number of ketones is 1. The molecule has 1 rings (SSSR count). The van der Waals surface area contributed by atoms with Gasteiger partial charge in [0, 0.05) is 5.92 Å². The maximum atomic E-state index is 11.0. The molecule has 0 heterocycles. The van der Waals surface area contributed by atoms with E-state index in [0.29, 0.717) is 17.6 Å². The zero-order chi connectivity index (χ0) is 7.56. The zero-order valence-electron chi connectivity index (χ0n) is 6.63. The van der Waals surface area contributed by atoms with Crippen LogP contribution in [0, 0.1) is 11.8 Å². The lowest BCUT2D eigenvalue weighted by Crippen LogP contribution is -2.20. The topological polar surface area (TPSA) is 17.1 Å². The van der Waals surface area contributed by atoms with Crippen molar-refractivity contribution in [1.29, 1.82) is 0 Å². The molecule has 0 N–H and O–H groups in total. The molecule has 0 bridgehead atoms. The van der Waals surface area contributed by atoms with Gasteiger partial charge in [0.05, 0.1) is 0 Å². The molecule has 0 radical (unpaired) electrons. The van der Waals surface area contributed by atoms with Gasteiger partial charge in [0.15, 0.2) is 0 Å². The van der Waals surface area contributed by atoms with Gasteiger partial charge in [-0.2, -0.15) is 0 Å². The first-order valence-corrected chi connectivity index (χ1v) is 3.89. The minimum Gasteiger partial charge on any atom is -0.300 e. The van der Waals surface area contributed by atoms with E-state index in [1.807, 2.05) is 0 Å². The zero-order valence-corrected chi connectivity index (χ0v) is 6.63. The van der Waals surface area contributed by atoms with Crippen LogP contribution in [0.15, 0.2) is 12.2 Å². The Morgan fingerprint density at radius 3 is 2.70 bits per heavy atom. The molecule has 56 valence electrons. The van der Waals surface area contributed by atoms with Crippen LogP contribution in [0.2, 0.25) is 0 Å². The van der Waals surface area contributed by atoms with Gasteiger partial charge in [0.1, 0.15) is 5.78 Å². The summed E-state index contributed by atoms with van der Waals surface area (Å²) in [5.41, 5.74) is 0. The Bertz CT molecular complexity index is 158. The van der Waals surface area contributed by atoms with Crippen molar-refractivity contribution < 1.29 is 4.79 Å². The van der Waals surface area contributed by atoms with Crippen molar-refractivity contribution in [2.24, 2.45) is 11.8 Å². The van der Waals surface area contributed by atoms with Crippen LogP contribution in [0.3, 0.4) is 0 Å². The van der Waals surface area contributed by atoms with E-state index in [1.54, 1.807) is 6.92 Å². The maximum Gasteiger partial charge on any atom is 0.133 e. The van der Waals surface area contributed by atoms with Gasteiger partial charge in [-0.1, -0.05) is 19.1 Å². The van der Waals surface area contributed by atoms with Crippen molar-refractivity contribution in [2.75, 3.05) is 0 Å². The maximum absolute atomic E-state index is 11.0. The molecule has 0 fully saturated rings. The monoisotopic (exact) mass is 138 g/mol. The van der Waals surface area contributed by atoms with Crippen LogP contribution < -0.4 is 0 Å². The van der Waals surface area contributed by atoms with Crippen LogP contribution in [0.4, 0.5) is 0 Å². The molecule has 1 aliphatic rings. The smallest absolute Gasteiger partial charge is 0.133 e. The lowest BCUT2D eigenvalue weighted by atomic mass is 9.83. The summed E-state index contributed by atoms with van der Waals surface area (Å²) in [6.45, 7) is 3.81. The number of hydrogen-bond acceptors (Lipinski definition) is 1. The number of hydrogen-bond donors (Lipinski definition) is 0. The van der Waals surface area contributed by atoms with E-state index in [1.165, 1.54) is 0 Å². The van der Waals surface area contributed by atoms with Crippen molar-refractivity contribution in [3.63, 3.8) is 0 Å². The Morgan fingerprint density at radius 2 is 2.30 bits per heavy atom. The SMILES string of the molecule is CC(=O)C1CCC=CC1C. The third-order valence-corrected chi connectivity index (χ3v) is 2.24. The summed E-state index contributed by atoms with van der Waals surface area (Å²) in [4.78, 5) is 11.0. The van der Waals surface area contributed by atoms with E-state index in [0.717, 1.165) is 12.8 Å². The Kier molecular flexibility index (Phi) is 2.25. The molecule has 1 aliphatic carbocycles. The molecular formula is C9H14O. The third-order valence-electron chi connectivity index (χ3n) is 2.24. The summed E-state index contributed by atoms with van der Waals surface area (Å²) in [5, 5.41) is 0. The Balaban J connectivity index is 2.60. The molecule has 0 saturated heterocycles. The van der Waals surface area contributed by atoms with Gasteiger partial charge in [0.25, 0.3) is 0 Å². The highest BCUT2D eigenvalue weighted by atomic mass is 16.1. The predicted octanol–water partition coefficient (Wildman–Crippen LogP) is 2.18. The normalized spacial score (nSPS) is 32.2. The molecule has 2 atom stereocenters. The second kappa shape index (κ2) is 3.00. The Labute approximate surface area is 62.1 Å². The number of allylic oxidation sites excluding steroid dienone is 2. The molecule has 0 aromatic heterocycles. The lowest BCUT2D eigenvalue weighted by Gasteiger charge is -2.21. The van der Waals surface area contributed by atoms with Gasteiger partial charge in [-0.3, -0.25) is 4.79 Å². The summed E-state index contributed by atoms with van der Waals surface area (Å²) < 4.78 is 0. The highest BCUT2D eigenvalue weighted by molar-refractivity contribution is 5.78. The van der Waals surface area contributed by atoms with E-state index in [-0.39, 0.29) is 0 Å². The molecule has 0 amide bonds.